The number of esters is 2. The Kier molecular flexibility index (Phi) is 46.6. The summed E-state index contributed by atoms with van der Waals surface area (Å²) in [7, 11) is 2.43. The Bertz CT molecular complexity index is 5250. The normalized spacial score (nSPS) is 10.7. The van der Waals surface area contributed by atoms with Crippen LogP contribution >= 0.6 is 52.5 Å². The van der Waals surface area contributed by atoms with Crippen molar-refractivity contribution in [2.75, 3.05) is 73.8 Å². The summed E-state index contributed by atoms with van der Waals surface area (Å²) in [5, 5.41) is 24.8. The number of amides is 3. The average molecular weight is 1710 g/mol. The maximum Gasteiger partial charge on any atom is 0.374 e. The Labute approximate surface area is 647 Å². The van der Waals surface area contributed by atoms with Gasteiger partial charge in [0.25, 0.3) is 17.7 Å². The number of ether oxygens (including phenoxy) is 2. The van der Waals surface area contributed by atoms with Gasteiger partial charge in [0.15, 0.2) is 0 Å². The van der Waals surface area contributed by atoms with Gasteiger partial charge in [0.2, 0.25) is 40.8 Å². The number of carboxylic acids is 2. The number of nitrogens with zero attached hydrogens (tertiary/aromatic N) is 19. The highest BCUT2D eigenvalue weighted by Crippen LogP contribution is 2.10. The van der Waals surface area contributed by atoms with Crippen molar-refractivity contribution in [3.63, 3.8) is 0 Å². The highest BCUT2D eigenvalue weighted by molar-refractivity contribution is 7.36. The summed E-state index contributed by atoms with van der Waals surface area (Å²) in [6, 6.07) is 0. The van der Waals surface area contributed by atoms with Gasteiger partial charge >= 0.3 is 104 Å². The van der Waals surface area contributed by atoms with Gasteiger partial charge in [-0.25, -0.2) is 118 Å². The predicted octanol–water partition coefficient (Wildman–Crippen LogP) is -5.80. The number of aromatic amines is 2. The molecule has 0 aliphatic carbocycles. The fraction of sp³-hybridized carbons (Fsp3) is 0.509. The predicted molar refractivity (Wildman–Crippen MR) is 422 cm³/mol. The molecular formula is C57H90N24O26P6. The van der Waals surface area contributed by atoms with Crippen LogP contribution < -0.4 is 95.6 Å². The first-order valence-electron chi connectivity index (χ1n) is 33.1. The van der Waals surface area contributed by atoms with E-state index in [4.69, 9.17) is 15.1 Å². The molecule has 7 rings (SSSR count). The maximum absolute atomic E-state index is 12.0. The molecule has 0 saturated heterocycles. The average Bonchev–Trinajstić information content (AvgIpc) is 0.832. The molecule has 6 unspecified atom stereocenters. The van der Waals surface area contributed by atoms with Crippen molar-refractivity contribution in [1.29, 1.82) is 0 Å². The van der Waals surface area contributed by atoms with Gasteiger partial charge in [-0.15, -0.1) is 0 Å². The Hall–Kier alpha value is -10.9. The first-order valence-corrected chi connectivity index (χ1v) is 41.8. The summed E-state index contributed by atoms with van der Waals surface area (Å²) < 4.78 is 21.1. The lowest BCUT2D eigenvalue weighted by Gasteiger charge is -2.11. The number of hydrogen-bond acceptors (Lipinski definition) is 31. The van der Waals surface area contributed by atoms with E-state index in [2.05, 4.69) is 65.3 Å². The molecule has 0 bridgehead atoms. The number of aromatic carboxylic acids is 2. The van der Waals surface area contributed by atoms with Crippen LogP contribution in [0.15, 0.2) is 67.1 Å². The second kappa shape index (κ2) is 51.6. The van der Waals surface area contributed by atoms with Gasteiger partial charge in [-0.2, -0.15) is 34.9 Å². The molecule has 113 heavy (non-hydrogen) atoms. The van der Waals surface area contributed by atoms with Crippen molar-refractivity contribution >= 4 is 94.1 Å². The quantitative estimate of drug-likeness (QED) is 0.0218. The van der Waals surface area contributed by atoms with E-state index in [9.17, 15) is 101 Å². The smallest absolute Gasteiger partial charge is 0.374 e. The Morgan fingerprint density at radius 3 is 0.823 bits per heavy atom. The fourth-order valence-electron chi connectivity index (χ4n) is 8.19. The topological polar surface area (TPSA) is 655 Å². The number of carboxylic acid groups (broad SMARTS) is 2. The molecule has 56 heteroatoms. The molecule has 3 amide bonds. The lowest BCUT2D eigenvalue weighted by Crippen LogP contribution is -2.43. The fourth-order valence-corrected chi connectivity index (χ4v) is 11.5. The molecule has 0 aromatic carbocycles. The summed E-state index contributed by atoms with van der Waals surface area (Å²) in [5.74, 6) is -8.04. The van der Waals surface area contributed by atoms with Crippen molar-refractivity contribution < 1.29 is 58.1 Å². The number of hydrogen-bond donors (Lipinski definition) is 8. The van der Waals surface area contributed by atoms with Gasteiger partial charge in [-0.1, -0.05) is 6.92 Å². The number of aromatic nitrogens is 21. The molecule has 0 radical (unpaired) electrons. The van der Waals surface area contributed by atoms with E-state index in [1.807, 2.05) is 11.9 Å². The second-order valence-electron chi connectivity index (χ2n) is 20.1. The zero-order valence-electron chi connectivity index (χ0n) is 64.5. The van der Waals surface area contributed by atoms with Crippen LogP contribution in [0.5, 0.6) is 0 Å². The van der Waals surface area contributed by atoms with Crippen molar-refractivity contribution in [3.05, 3.63) is 188 Å². The number of rotatable bonds is 23. The molecule has 0 aliphatic rings. The zero-order valence-corrected chi connectivity index (χ0v) is 70.5. The number of nitrogens with one attached hydrogen (secondary N) is 5. The summed E-state index contributed by atoms with van der Waals surface area (Å²) in [6.45, 7) is 30.0. The van der Waals surface area contributed by atoms with Crippen LogP contribution in [0.25, 0.3) is 0 Å². The summed E-state index contributed by atoms with van der Waals surface area (Å²) in [4.78, 5) is 275. The first-order chi connectivity index (χ1) is 53.3. The SMILES string of the molecule is CCCNC(=O)c1nc(=O)n(CC)c(=O)n1PC.CCNC(=O)c1nc(=O)n(CC)c(=O)n1PC.CCNC(=O)c1nc(=O)n(CC)c(=O)n1PC.CCn1c(=O)nc(C(=O)O)[nH]c1=O.CCn1c(=O)nc(C(=O)O)n(PC)c1=O.CCn1c(=O)nc(C(=O)OC)[nH]c1=O.CCn1c(=O)nc(C(=O)OC)n(PC)c1=O.CPO. The van der Waals surface area contributed by atoms with Crippen LogP contribution in [0.1, 0.15) is 150 Å². The summed E-state index contributed by atoms with van der Waals surface area (Å²) in [6.07, 6.45) is 0.774. The minimum absolute atomic E-state index is 0.000401. The van der Waals surface area contributed by atoms with Gasteiger partial charge in [-0.3, -0.25) is 46.0 Å². The van der Waals surface area contributed by atoms with E-state index in [0.717, 1.165) is 54.2 Å². The number of carbonyl (C=O) groups is 7. The highest BCUT2D eigenvalue weighted by Gasteiger charge is 2.23. The molecule has 624 valence electrons. The van der Waals surface area contributed by atoms with Crippen molar-refractivity contribution in [1.82, 2.24) is 114 Å². The van der Waals surface area contributed by atoms with Crippen molar-refractivity contribution in [3.8, 4) is 0 Å². The van der Waals surface area contributed by atoms with Crippen LogP contribution in [0.2, 0.25) is 0 Å². The second-order valence-corrected chi connectivity index (χ2v) is 25.1. The summed E-state index contributed by atoms with van der Waals surface area (Å²) in [5.41, 5.74) is -9.31. The molecular weight excluding hydrogens is 1620 g/mol. The molecule has 0 fully saturated rings. The number of methoxy groups -OCH3 is 2. The van der Waals surface area contributed by atoms with Crippen LogP contribution in [0.3, 0.4) is 0 Å². The van der Waals surface area contributed by atoms with E-state index < -0.39 is 133 Å². The third kappa shape index (κ3) is 28.4. The minimum Gasteiger partial charge on any atom is -0.475 e. The Morgan fingerprint density at radius 1 is 0.345 bits per heavy atom. The Morgan fingerprint density at radius 2 is 0.584 bits per heavy atom. The molecule has 7 aromatic rings. The largest absolute Gasteiger partial charge is 0.475 e. The molecule has 7 aromatic heterocycles. The van der Waals surface area contributed by atoms with Crippen LogP contribution in [-0.2, 0) is 55.3 Å². The van der Waals surface area contributed by atoms with E-state index in [1.54, 1.807) is 102 Å². The van der Waals surface area contributed by atoms with Gasteiger partial charge < -0.3 is 40.5 Å². The molecule has 0 saturated carbocycles. The van der Waals surface area contributed by atoms with E-state index >= 15 is 0 Å². The standard InChI is InChI=1S/C10H17N4O3P.2C9H15N4O3P.C8H12N3O4P.C7H10N3O4P.C7H9N3O4.C6H7N3O4.CH5OP/c1-4-6-11-8(15)7-12-9(16)13(5-2)10(17)14(7)18-3;2*1-4-10-7(14)6-11-8(15)12(5-2)9(16)13(6)17-3;1-4-10-7(13)9-5(6(12)15-2)11(16-3)8(10)14;1-3-9-6(13)8-4(5(11)12)10(15-2)7(9)14;1-3-10-6(12)8-4(5(11)14-2)9-7(10)13;1-2-9-5(12)7-3(4(10)11)8-6(9)13;1-3-2/h18H,4-6H2,1-3H3,(H,11,15);2*17H,4-5H2,1-3H3,(H,10,14);16H,4H2,1-3H3;15H,3H2,1-2H3,(H,11,12);3H2,1-2H3,(H,8,9,12,13);2H2,1H3,(H,10,11)(H,7,8,12,13);2-3H,1H3. The van der Waals surface area contributed by atoms with E-state index in [-0.39, 0.29) is 127 Å². The van der Waals surface area contributed by atoms with Crippen molar-refractivity contribution in [2.24, 2.45) is 0 Å². The molecule has 6 atom stereocenters. The lowest BCUT2D eigenvalue weighted by molar-refractivity contribution is 0.0575. The zero-order chi connectivity index (χ0) is 87.0. The van der Waals surface area contributed by atoms with Gasteiger partial charge in [0, 0.05) is 74.3 Å². The third-order valence-electron chi connectivity index (χ3n) is 13.4. The van der Waals surface area contributed by atoms with Gasteiger partial charge in [0.1, 0.15) is 0 Å². The number of H-pyrrole nitrogens is 2. The molecule has 50 nitrogen and oxygen atoms in total. The Balaban J connectivity index is 0.00000129. The molecule has 0 aliphatic heterocycles. The van der Waals surface area contributed by atoms with Crippen LogP contribution in [-0.4, -0.2) is 229 Å². The molecule has 0 spiro atoms. The molecule has 8 N–H and O–H groups in total. The van der Waals surface area contributed by atoms with Crippen LogP contribution in [0, 0.1) is 0 Å². The minimum atomic E-state index is -1.43. The number of carbonyl (C=O) groups excluding carboxylic acids is 5. The van der Waals surface area contributed by atoms with Crippen molar-refractivity contribution in [2.45, 2.75) is 121 Å². The molecule has 7 heterocycles. The highest BCUT2D eigenvalue weighted by atomic mass is 31.1. The lowest BCUT2D eigenvalue weighted by atomic mass is 10.4. The maximum atomic E-state index is 12.0. The first kappa shape index (κ1) is 102. The van der Waals surface area contributed by atoms with E-state index in [1.165, 1.54) is 20.1 Å². The van der Waals surface area contributed by atoms with Gasteiger partial charge in [-0.05, 0) is 152 Å². The van der Waals surface area contributed by atoms with Crippen LogP contribution in [0.4, 0.5) is 0 Å². The third-order valence-corrected chi connectivity index (χ3v) is 17.7. The monoisotopic (exact) mass is 1710 g/mol. The van der Waals surface area contributed by atoms with E-state index in [0.29, 0.717) is 19.6 Å². The van der Waals surface area contributed by atoms with Gasteiger partial charge in [0.05, 0.1) is 14.2 Å². The summed E-state index contributed by atoms with van der Waals surface area (Å²) >= 11 is 0.